The van der Waals surface area contributed by atoms with E-state index in [9.17, 15) is 14.6 Å². The lowest BCUT2D eigenvalue weighted by molar-refractivity contribution is 0.0572. The zero-order valence-corrected chi connectivity index (χ0v) is 18.6. The predicted molar refractivity (Wildman–Crippen MR) is 120 cm³/mol. The topological polar surface area (TPSA) is 90.5 Å². The predicted octanol–water partition coefficient (Wildman–Crippen LogP) is 1.73. The van der Waals surface area contributed by atoms with Gasteiger partial charge >= 0.3 is 0 Å². The van der Waals surface area contributed by atoms with Crippen molar-refractivity contribution in [1.82, 2.24) is 24.6 Å². The van der Waals surface area contributed by atoms with Crippen molar-refractivity contribution in [3.8, 4) is 5.82 Å². The molecule has 0 aliphatic carbocycles. The molecular formula is C23H29FN6O2. The largest absolute Gasteiger partial charge is 0.389 e. The van der Waals surface area contributed by atoms with Crippen LogP contribution in [0.5, 0.6) is 0 Å². The molecule has 2 aromatic heterocycles. The molecule has 0 spiro atoms. The normalized spacial score (nSPS) is 26.9. The van der Waals surface area contributed by atoms with Crippen LogP contribution in [0.2, 0.25) is 0 Å². The molecule has 8 nitrogen and oxygen atoms in total. The van der Waals surface area contributed by atoms with E-state index in [0.29, 0.717) is 37.1 Å². The summed E-state index contributed by atoms with van der Waals surface area (Å²) in [5, 5.41) is 25.4. The Kier molecular flexibility index (Phi) is 5.35. The van der Waals surface area contributed by atoms with Crippen molar-refractivity contribution in [2.45, 2.75) is 44.6 Å². The van der Waals surface area contributed by atoms with Crippen molar-refractivity contribution in [2.75, 3.05) is 38.1 Å². The van der Waals surface area contributed by atoms with Crippen LogP contribution in [0.25, 0.3) is 16.7 Å². The van der Waals surface area contributed by atoms with Crippen LogP contribution in [0, 0.1) is 13.8 Å². The third-order valence-electron chi connectivity index (χ3n) is 6.71. The number of likely N-dealkylation sites (tertiary alicyclic amines) is 1. The first kappa shape index (κ1) is 21.2. The van der Waals surface area contributed by atoms with Gasteiger partial charge in [-0.05, 0) is 57.1 Å². The molecule has 4 atom stereocenters. The summed E-state index contributed by atoms with van der Waals surface area (Å²) in [7, 11) is 1.96. The summed E-state index contributed by atoms with van der Waals surface area (Å²) in [6, 6.07) is 5.94. The number of benzene rings is 1. The lowest BCUT2D eigenvalue weighted by atomic mass is 9.85. The molecule has 0 radical (unpaired) electrons. The van der Waals surface area contributed by atoms with Crippen LogP contribution in [0.1, 0.15) is 29.3 Å². The molecule has 0 bridgehead atoms. The van der Waals surface area contributed by atoms with Gasteiger partial charge in [0.2, 0.25) is 0 Å². The molecule has 4 heterocycles. The summed E-state index contributed by atoms with van der Waals surface area (Å²) in [6.45, 7) is 5.80. The van der Waals surface area contributed by atoms with Crippen LogP contribution in [-0.4, -0.2) is 86.5 Å². The number of aliphatic hydroxyl groups is 2. The van der Waals surface area contributed by atoms with Gasteiger partial charge in [0.15, 0.2) is 5.82 Å². The highest BCUT2D eigenvalue weighted by Gasteiger charge is 2.32. The molecule has 0 amide bonds. The number of hydrogen-bond acceptors (Lipinski definition) is 7. The fourth-order valence-corrected chi connectivity index (χ4v) is 4.96. The average molecular weight is 441 g/mol. The molecule has 2 saturated heterocycles. The summed E-state index contributed by atoms with van der Waals surface area (Å²) in [4.78, 5) is 13.0. The van der Waals surface area contributed by atoms with Crippen molar-refractivity contribution in [2.24, 2.45) is 0 Å². The number of β-amino-alcohol motifs (C(OH)–C–C–N with tert-alkyl or cyclic N) is 2. The number of piperidine rings is 1. The van der Waals surface area contributed by atoms with Crippen molar-refractivity contribution >= 4 is 16.7 Å². The third-order valence-corrected chi connectivity index (χ3v) is 6.71. The molecule has 2 aliphatic heterocycles. The van der Waals surface area contributed by atoms with E-state index in [-0.39, 0.29) is 5.92 Å². The highest BCUT2D eigenvalue weighted by atomic mass is 19.1. The van der Waals surface area contributed by atoms with Crippen LogP contribution < -0.4 is 4.90 Å². The Hall–Kier alpha value is -2.62. The fourth-order valence-electron chi connectivity index (χ4n) is 4.96. The van der Waals surface area contributed by atoms with Crippen molar-refractivity contribution in [3.05, 3.63) is 41.3 Å². The molecule has 32 heavy (non-hydrogen) atoms. The Morgan fingerprint density at radius 3 is 2.44 bits per heavy atom. The van der Waals surface area contributed by atoms with Crippen LogP contribution >= 0.6 is 0 Å². The van der Waals surface area contributed by atoms with Crippen LogP contribution in [-0.2, 0) is 0 Å². The second-order valence-corrected chi connectivity index (χ2v) is 9.17. The molecule has 2 aliphatic rings. The molecule has 1 aromatic carbocycles. The summed E-state index contributed by atoms with van der Waals surface area (Å²) in [5.74, 6) is 1.68. The standard InChI is InChI=1S/C23H29FN6O2/c1-13-6-15-9-25-30(19(15)7-17(13)16-4-5-28(3)10-18(16)24)23-8-22(26-14(2)27-23)29-11-20(31)21(32)12-29/h6-9,16,18,20-21,31-32H,4-5,10-12H2,1-3H3. The van der Waals surface area contributed by atoms with Crippen LogP contribution in [0.4, 0.5) is 10.2 Å². The molecule has 170 valence electrons. The Bertz CT molecular complexity index is 1140. The van der Waals surface area contributed by atoms with E-state index in [1.807, 2.05) is 36.8 Å². The molecule has 2 N–H and O–H groups in total. The number of alkyl halides is 1. The molecule has 2 fully saturated rings. The molecule has 0 saturated carbocycles. The SMILES string of the molecule is Cc1nc(N2CC(O)C(O)C2)cc(-n2ncc3cc(C)c(C4CCN(C)CC4F)cc32)n1. The number of nitrogens with zero attached hydrogens (tertiary/aromatic N) is 6. The van der Waals surface area contributed by atoms with Crippen LogP contribution in [0.15, 0.2) is 24.4 Å². The highest BCUT2D eigenvalue weighted by Crippen LogP contribution is 2.35. The maximum absolute atomic E-state index is 14.9. The number of aromatic nitrogens is 4. The zero-order chi connectivity index (χ0) is 22.6. The molecule has 5 rings (SSSR count). The van der Waals surface area contributed by atoms with Gasteiger partial charge in [-0.1, -0.05) is 0 Å². The van der Waals surface area contributed by atoms with Gasteiger partial charge in [0.05, 0.1) is 23.9 Å². The first-order chi connectivity index (χ1) is 15.3. The Morgan fingerprint density at radius 2 is 1.72 bits per heavy atom. The first-order valence-corrected chi connectivity index (χ1v) is 11.1. The van der Waals surface area contributed by atoms with E-state index < -0.39 is 18.4 Å². The Labute approximate surface area is 186 Å². The smallest absolute Gasteiger partial charge is 0.159 e. The van der Waals surface area contributed by atoms with Crippen molar-refractivity contribution in [1.29, 1.82) is 0 Å². The van der Waals surface area contributed by atoms with E-state index in [2.05, 4.69) is 27.2 Å². The Balaban J connectivity index is 1.55. The second kappa shape index (κ2) is 8.06. The lowest BCUT2D eigenvalue weighted by Crippen LogP contribution is -2.38. The van der Waals surface area contributed by atoms with Gasteiger partial charge in [0, 0.05) is 37.0 Å². The number of aryl methyl sites for hydroxylation is 2. The minimum atomic E-state index is -0.901. The van der Waals surface area contributed by atoms with Crippen molar-refractivity contribution < 1.29 is 14.6 Å². The molecule has 9 heteroatoms. The van der Waals surface area contributed by atoms with E-state index >= 15 is 0 Å². The number of halogens is 1. The zero-order valence-electron chi connectivity index (χ0n) is 18.6. The average Bonchev–Trinajstić information content (AvgIpc) is 3.30. The number of hydrogen-bond donors (Lipinski definition) is 2. The van der Waals surface area contributed by atoms with E-state index in [1.165, 1.54) is 0 Å². The second-order valence-electron chi connectivity index (χ2n) is 9.17. The number of anilines is 1. The van der Waals surface area contributed by atoms with Gasteiger partial charge in [0.1, 0.15) is 17.8 Å². The van der Waals surface area contributed by atoms with Gasteiger partial charge in [-0.25, -0.2) is 19.0 Å². The van der Waals surface area contributed by atoms with Crippen molar-refractivity contribution in [3.63, 3.8) is 0 Å². The highest BCUT2D eigenvalue weighted by molar-refractivity contribution is 5.82. The van der Waals surface area contributed by atoms with Gasteiger partial charge < -0.3 is 20.0 Å². The van der Waals surface area contributed by atoms with Gasteiger partial charge in [0.25, 0.3) is 0 Å². The minimum Gasteiger partial charge on any atom is -0.389 e. The summed E-state index contributed by atoms with van der Waals surface area (Å²) in [6.07, 6.45) is 0.0889. The summed E-state index contributed by atoms with van der Waals surface area (Å²) < 4.78 is 16.7. The van der Waals surface area contributed by atoms with E-state index in [0.717, 1.165) is 35.0 Å². The van der Waals surface area contributed by atoms with Crippen LogP contribution in [0.3, 0.4) is 0 Å². The fraction of sp³-hybridized carbons (Fsp3) is 0.522. The minimum absolute atomic E-state index is 0.130. The third kappa shape index (κ3) is 3.74. The number of aliphatic hydroxyl groups excluding tert-OH is 2. The Morgan fingerprint density at radius 1 is 1.00 bits per heavy atom. The van der Waals surface area contributed by atoms with E-state index in [4.69, 9.17) is 0 Å². The maximum Gasteiger partial charge on any atom is 0.159 e. The van der Waals surface area contributed by atoms with E-state index in [1.54, 1.807) is 10.9 Å². The number of rotatable bonds is 3. The maximum atomic E-state index is 14.9. The monoisotopic (exact) mass is 440 g/mol. The van der Waals surface area contributed by atoms with Gasteiger partial charge in [-0.3, -0.25) is 0 Å². The van der Waals surface area contributed by atoms with Gasteiger partial charge in [-0.15, -0.1) is 0 Å². The summed E-state index contributed by atoms with van der Waals surface area (Å²) >= 11 is 0. The quantitative estimate of drug-likeness (QED) is 0.641. The first-order valence-electron chi connectivity index (χ1n) is 11.1. The molecular weight excluding hydrogens is 411 g/mol. The molecule has 3 aromatic rings. The molecule has 4 unspecified atom stereocenters. The lowest BCUT2D eigenvalue weighted by Gasteiger charge is -2.33. The number of fused-ring (bicyclic) bond motifs is 1. The van der Waals surface area contributed by atoms with Gasteiger partial charge in [-0.2, -0.15) is 5.10 Å². The summed E-state index contributed by atoms with van der Waals surface area (Å²) in [5.41, 5.74) is 2.98.